The number of para-hydroxylation sites is 1. The maximum atomic E-state index is 12.8. The van der Waals surface area contributed by atoms with E-state index < -0.39 is 29.0 Å². The van der Waals surface area contributed by atoms with Crippen LogP contribution < -0.4 is 0 Å². The molecule has 1 atom stereocenters. The number of carboxylic acid groups (broad SMARTS) is 1. The lowest BCUT2D eigenvalue weighted by molar-refractivity contribution is -0.385. The molecule has 2 rings (SSSR count). The molecule has 2 amide bonds. The molecule has 146 valence electrons. The van der Waals surface area contributed by atoms with Gasteiger partial charge in [-0.25, -0.2) is 0 Å². The lowest BCUT2D eigenvalue weighted by Crippen LogP contribution is -2.43. The fraction of sp³-hybridized carbons (Fsp3) is 0.471. The number of amides is 2. The lowest BCUT2D eigenvalue weighted by Gasteiger charge is -2.28. The van der Waals surface area contributed by atoms with Crippen LogP contribution in [0.2, 0.25) is 5.02 Å². The van der Waals surface area contributed by atoms with Crippen molar-refractivity contribution < 1.29 is 24.4 Å². The Kier molecular flexibility index (Phi) is 6.73. The highest BCUT2D eigenvalue weighted by Gasteiger charge is 2.31. The van der Waals surface area contributed by atoms with Crippen molar-refractivity contribution in [3.05, 3.63) is 38.9 Å². The molecule has 0 radical (unpaired) electrons. The van der Waals surface area contributed by atoms with Crippen LogP contribution in [0.4, 0.5) is 5.69 Å². The number of hydrogen-bond acceptors (Lipinski definition) is 5. The van der Waals surface area contributed by atoms with Crippen LogP contribution in [0.5, 0.6) is 0 Å². The number of carboxylic acids is 1. The van der Waals surface area contributed by atoms with E-state index in [1.165, 1.54) is 34.9 Å². The molecule has 0 aliphatic carbocycles. The Balaban J connectivity index is 2.18. The third-order valence-electron chi connectivity index (χ3n) is 4.54. The van der Waals surface area contributed by atoms with Crippen LogP contribution in [-0.2, 0) is 9.59 Å². The smallest absolute Gasteiger partial charge is 0.323 e. The second-order valence-electron chi connectivity index (χ2n) is 6.31. The molecule has 1 aromatic carbocycles. The number of carbonyl (C=O) groups is 3. The summed E-state index contributed by atoms with van der Waals surface area (Å²) in [7, 11) is 0. The van der Waals surface area contributed by atoms with Gasteiger partial charge in [-0.3, -0.25) is 24.5 Å². The number of benzene rings is 1. The van der Waals surface area contributed by atoms with Crippen molar-refractivity contribution in [1.29, 1.82) is 0 Å². The van der Waals surface area contributed by atoms with Crippen molar-refractivity contribution in [3.8, 4) is 0 Å². The first-order valence-corrected chi connectivity index (χ1v) is 8.81. The largest absolute Gasteiger partial charge is 0.480 e. The van der Waals surface area contributed by atoms with Gasteiger partial charge in [0.05, 0.1) is 4.92 Å². The first kappa shape index (κ1) is 20.6. The van der Waals surface area contributed by atoms with Gasteiger partial charge >= 0.3 is 11.7 Å². The van der Waals surface area contributed by atoms with Crippen molar-refractivity contribution in [2.24, 2.45) is 0 Å². The number of aliphatic carboxylic acids is 1. The molecule has 0 spiro atoms. The minimum atomic E-state index is -1.10. The summed E-state index contributed by atoms with van der Waals surface area (Å²) < 4.78 is 0. The molecule has 1 unspecified atom stereocenters. The van der Waals surface area contributed by atoms with Gasteiger partial charge in [-0.1, -0.05) is 17.7 Å². The van der Waals surface area contributed by atoms with Gasteiger partial charge in [0.25, 0.3) is 5.91 Å². The summed E-state index contributed by atoms with van der Waals surface area (Å²) in [5, 5.41) is 20.2. The van der Waals surface area contributed by atoms with Crippen LogP contribution in [0, 0.1) is 10.1 Å². The number of halogens is 1. The summed E-state index contributed by atoms with van der Waals surface area (Å²) >= 11 is 5.88. The maximum Gasteiger partial charge on any atom is 0.323 e. The van der Waals surface area contributed by atoms with E-state index in [4.69, 9.17) is 16.7 Å². The van der Waals surface area contributed by atoms with Crippen LogP contribution in [0.15, 0.2) is 18.2 Å². The first-order chi connectivity index (χ1) is 12.7. The summed E-state index contributed by atoms with van der Waals surface area (Å²) in [5.74, 6) is -1.94. The van der Waals surface area contributed by atoms with Gasteiger partial charge in [-0.05, 0) is 31.4 Å². The molecule has 0 bridgehead atoms. The van der Waals surface area contributed by atoms with E-state index in [0.29, 0.717) is 25.8 Å². The minimum Gasteiger partial charge on any atom is -0.480 e. The van der Waals surface area contributed by atoms with Crippen molar-refractivity contribution in [3.63, 3.8) is 0 Å². The molecule has 0 saturated carbocycles. The highest BCUT2D eigenvalue weighted by Crippen LogP contribution is 2.30. The van der Waals surface area contributed by atoms with E-state index in [1.54, 1.807) is 0 Å². The standard InChI is InChI=1S/C17H20ClN3O6/c1-11(22)20(10-15(23)24)12-4-3-8-19(9-7-12)17(25)13-5-2-6-14(18)16(13)21(26)27/h2,5-6,12H,3-4,7-10H2,1H3,(H,23,24). The monoisotopic (exact) mass is 397 g/mol. The normalized spacial score (nSPS) is 17.1. The molecule has 1 N–H and O–H groups in total. The topological polar surface area (TPSA) is 121 Å². The Morgan fingerprint density at radius 1 is 1.33 bits per heavy atom. The zero-order valence-corrected chi connectivity index (χ0v) is 15.5. The van der Waals surface area contributed by atoms with E-state index in [-0.39, 0.29) is 29.1 Å². The molecule has 1 fully saturated rings. The third-order valence-corrected chi connectivity index (χ3v) is 4.84. The molecular formula is C17H20ClN3O6. The number of carbonyl (C=O) groups excluding carboxylic acids is 2. The lowest BCUT2D eigenvalue weighted by atomic mass is 10.1. The molecule has 1 aliphatic heterocycles. The van der Waals surface area contributed by atoms with E-state index in [2.05, 4.69) is 0 Å². The molecular weight excluding hydrogens is 378 g/mol. The van der Waals surface area contributed by atoms with E-state index in [9.17, 15) is 24.5 Å². The van der Waals surface area contributed by atoms with Crippen LogP contribution in [-0.4, -0.2) is 63.3 Å². The average molecular weight is 398 g/mol. The van der Waals surface area contributed by atoms with E-state index in [1.807, 2.05) is 0 Å². The number of hydrogen-bond donors (Lipinski definition) is 1. The Morgan fingerprint density at radius 3 is 2.63 bits per heavy atom. The van der Waals surface area contributed by atoms with Gasteiger partial charge in [0.1, 0.15) is 17.1 Å². The Hall–Kier alpha value is -2.68. The molecule has 1 aromatic rings. The van der Waals surface area contributed by atoms with Crippen molar-refractivity contribution in [1.82, 2.24) is 9.80 Å². The van der Waals surface area contributed by atoms with Gasteiger partial charge in [0, 0.05) is 26.1 Å². The van der Waals surface area contributed by atoms with Crippen LogP contribution >= 0.6 is 11.6 Å². The second kappa shape index (κ2) is 8.81. The molecule has 1 aliphatic rings. The highest BCUT2D eigenvalue weighted by atomic mass is 35.5. The average Bonchev–Trinajstić information content (AvgIpc) is 2.84. The predicted octanol–water partition coefficient (Wildman–Crippen LogP) is 2.18. The molecule has 27 heavy (non-hydrogen) atoms. The van der Waals surface area contributed by atoms with Crippen molar-refractivity contribution >= 4 is 35.1 Å². The van der Waals surface area contributed by atoms with Gasteiger partial charge in [-0.2, -0.15) is 0 Å². The second-order valence-corrected chi connectivity index (χ2v) is 6.72. The van der Waals surface area contributed by atoms with Gasteiger partial charge in [-0.15, -0.1) is 0 Å². The minimum absolute atomic E-state index is 0.0834. The number of nitrogens with zero attached hydrogens (tertiary/aromatic N) is 3. The third kappa shape index (κ3) is 4.94. The Morgan fingerprint density at radius 2 is 2.04 bits per heavy atom. The van der Waals surface area contributed by atoms with Gasteiger partial charge in [0.2, 0.25) is 5.91 Å². The quantitative estimate of drug-likeness (QED) is 0.600. The fourth-order valence-corrected chi connectivity index (χ4v) is 3.52. The number of nitro benzene ring substituents is 1. The maximum absolute atomic E-state index is 12.8. The Bertz CT molecular complexity index is 769. The van der Waals surface area contributed by atoms with Crippen molar-refractivity contribution in [2.45, 2.75) is 32.2 Å². The summed E-state index contributed by atoms with van der Waals surface area (Å²) in [6, 6.07) is 3.89. The molecule has 9 nitrogen and oxygen atoms in total. The summed E-state index contributed by atoms with van der Waals surface area (Å²) in [6.07, 6.45) is 1.50. The number of likely N-dealkylation sites (tertiary alicyclic amines) is 1. The van der Waals surface area contributed by atoms with Crippen LogP contribution in [0.1, 0.15) is 36.5 Å². The zero-order chi connectivity index (χ0) is 20.1. The van der Waals surface area contributed by atoms with Gasteiger partial charge in [0.15, 0.2) is 0 Å². The number of rotatable bonds is 5. The van der Waals surface area contributed by atoms with Crippen molar-refractivity contribution in [2.75, 3.05) is 19.6 Å². The molecule has 10 heteroatoms. The highest BCUT2D eigenvalue weighted by molar-refractivity contribution is 6.33. The summed E-state index contributed by atoms with van der Waals surface area (Å²) in [6.45, 7) is 1.54. The Labute approximate surface area is 160 Å². The SMILES string of the molecule is CC(=O)N(CC(=O)O)C1CCCN(C(=O)c2cccc(Cl)c2[N+](=O)[O-])CC1. The fourth-order valence-electron chi connectivity index (χ4n) is 3.28. The zero-order valence-electron chi connectivity index (χ0n) is 14.8. The van der Waals surface area contributed by atoms with E-state index in [0.717, 1.165) is 0 Å². The first-order valence-electron chi connectivity index (χ1n) is 8.43. The molecule has 0 aromatic heterocycles. The summed E-state index contributed by atoms with van der Waals surface area (Å²) in [4.78, 5) is 48.9. The number of nitro groups is 1. The van der Waals surface area contributed by atoms with Crippen LogP contribution in [0.3, 0.4) is 0 Å². The van der Waals surface area contributed by atoms with Gasteiger partial charge < -0.3 is 14.9 Å². The molecule has 1 saturated heterocycles. The molecule has 1 heterocycles. The summed E-state index contributed by atoms with van der Waals surface area (Å²) in [5.41, 5.74) is -0.513. The predicted molar refractivity (Wildman–Crippen MR) is 96.7 cm³/mol. The van der Waals surface area contributed by atoms with E-state index >= 15 is 0 Å². The van der Waals surface area contributed by atoms with Crippen LogP contribution in [0.25, 0.3) is 0 Å².